The molecule has 1 aromatic heterocycles. The third-order valence-electron chi connectivity index (χ3n) is 2.83. The molecule has 0 atom stereocenters. The minimum atomic E-state index is -1.05. The van der Waals surface area contributed by atoms with Crippen LogP contribution in [0.25, 0.3) is 0 Å². The molecule has 1 saturated carbocycles. The second-order valence-electron chi connectivity index (χ2n) is 4.36. The topological polar surface area (TPSA) is 75.1 Å². The first kappa shape index (κ1) is 12.4. The van der Waals surface area contributed by atoms with E-state index in [-0.39, 0.29) is 10.6 Å². The fourth-order valence-corrected chi connectivity index (χ4v) is 2.55. The molecule has 0 saturated heterocycles. The maximum absolute atomic E-state index is 11.0. The maximum atomic E-state index is 11.0. The second kappa shape index (κ2) is 4.79. The lowest BCUT2D eigenvalue weighted by atomic mass is 10.2. The van der Waals surface area contributed by atoms with E-state index in [2.05, 4.69) is 14.7 Å². The molecule has 2 aromatic rings. The highest BCUT2D eigenvalue weighted by atomic mass is 35.5. The summed E-state index contributed by atoms with van der Waals surface area (Å²) in [5.74, 6) is 0.330. The van der Waals surface area contributed by atoms with E-state index >= 15 is 0 Å². The van der Waals surface area contributed by atoms with Gasteiger partial charge in [-0.1, -0.05) is 11.6 Å². The number of carboxylic acids is 1. The molecular weight excluding hydrogens is 286 g/mol. The Balaban J connectivity index is 1.81. The van der Waals surface area contributed by atoms with Gasteiger partial charge in [0.05, 0.1) is 10.6 Å². The molecule has 1 aliphatic carbocycles. The Hall–Kier alpha value is -1.66. The van der Waals surface area contributed by atoms with Crippen LogP contribution in [0.2, 0.25) is 5.02 Å². The van der Waals surface area contributed by atoms with Crippen molar-refractivity contribution < 1.29 is 9.90 Å². The zero-order valence-electron chi connectivity index (χ0n) is 9.76. The minimum Gasteiger partial charge on any atom is -0.478 e. The fourth-order valence-electron chi connectivity index (χ4n) is 1.68. The van der Waals surface area contributed by atoms with E-state index in [1.807, 2.05) is 0 Å². The number of hydrogen-bond acceptors (Lipinski definition) is 5. The maximum Gasteiger partial charge on any atom is 0.337 e. The lowest BCUT2D eigenvalue weighted by molar-refractivity contribution is 0.0697. The molecule has 0 amide bonds. The van der Waals surface area contributed by atoms with Crippen molar-refractivity contribution in [3.05, 3.63) is 34.6 Å². The fraction of sp³-hybridized carbons (Fsp3) is 0.250. The number of rotatable bonds is 4. The lowest BCUT2D eigenvalue weighted by Crippen LogP contribution is -1.99. The van der Waals surface area contributed by atoms with Crippen molar-refractivity contribution in [1.82, 2.24) is 9.36 Å². The Morgan fingerprint density at radius 1 is 1.47 bits per heavy atom. The molecule has 5 nitrogen and oxygen atoms in total. The summed E-state index contributed by atoms with van der Waals surface area (Å²) in [4.78, 5) is 15.4. The summed E-state index contributed by atoms with van der Waals surface area (Å²) in [5, 5.41) is 12.9. The van der Waals surface area contributed by atoms with Gasteiger partial charge >= 0.3 is 5.97 Å². The number of aromatic carboxylic acids is 1. The predicted molar refractivity (Wildman–Crippen MR) is 73.6 cm³/mol. The van der Waals surface area contributed by atoms with Crippen LogP contribution in [-0.4, -0.2) is 20.4 Å². The Kier molecular flexibility index (Phi) is 3.12. The second-order valence-corrected chi connectivity index (χ2v) is 5.52. The molecule has 1 aromatic carbocycles. The molecule has 1 heterocycles. The Bertz CT molecular complexity index is 640. The number of nitrogens with one attached hydrogen (secondary N) is 1. The van der Waals surface area contributed by atoms with Crippen LogP contribution >= 0.6 is 23.1 Å². The van der Waals surface area contributed by atoms with E-state index in [9.17, 15) is 4.79 Å². The van der Waals surface area contributed by atoms with Crippen molar-refractivity contribution in [2.24, 2.45) is 0 Å². The summed E-state index contributed by atoms with van der Waals surface area (Å²) in [6, 6.07) is 4.76. The van der Waals surface area contributed by atoms with E-state index in [0.29, 0.717) is 16.7 Å². The van der Waals surface area contributed by atoms with Crippen molar-refractivity contribution in [1.29, 1.82) is 0 Å². The number of aromatic nitrogens is 2. The first-order valence-corrected chi connectivity index (χ1v) is 6.92. The van der Waals surface area contributed by atoms with E-state index in [4.69, 9.17) is 16.7 Å². The van der Waals surface area contributed by atoms with Gasteiger partial charge in [0.15, 0.2) is 0 Å². The average molecular weight is 296 g/mol. The van der Waals surface area contributed by atoms with E-state index < -0.39 is 5.97 Å². The van der Waals surface area contributed by atoms with Crippen molar-refractivity contribution in [2.45, 2.75) is 18.8 Å². The van der Waals surface area contributed by atoms with Crippen LogP contribution < -0.4 is 5.32 Å². The molecule has 19 heavy (non-hydrogen) atoms. The van der Waals surface area contributed by atoms with Crippen LogP contribution in [0.5, 0.6) is 0 Å². The van der Waals surface area contributed by atoms with Gasteiger partial charge in [-0.15, -0.1) is 0 Å². The van der Waals surface area contributed by atoms with Crippen LogP contribution in [0.4, 0.5) is 10.8 Å². The predicted octanol–water partition coefficient (Wildman–Crippen LogP) is 3.51. The summed E-state index contributed by atoms with van der Waals surface area (Å²) in [7, 11) is 0. The van der Waals surface area contributed by atoms with Gasteiger partial charge in [-0.25, -0.2) is 9.78 Å². The van der Waals surface area contributed by atoms with Gasteiger partial charge in [0.2, 0.25) is 5.13 Å². The lowest BCUT2D eigenvalue weighted by Gasteiger charge is -2.04. The van der Waals surface area contributed by atoms with Crippen molar-refractivity contribution >= 4 is 39.9 Å². The third-order valence-corrected chi connectivity index (χ3v) is 3.81. The van der Waals surface area contributed by atoms with Crippen molar-refractivity contribution in [2.75, 3.05) is 5.32 Å². The van der Waals surface area contributed by atoms with Gasteiger partial charge in [-0.2, -0.15) is 4.37 Å². The molecule has 0 unspecified atom stereocenters. The number of carboxylic acid groups (broad SMARTS) is 1. The monoisotopic (exact) mass is 295 g/mol. The van der Waals surface area contributed by atoms with Crippen LogP contribution in [-0.2, 0) is 0 Å². The molecule has 0 spiro atoms. The normalized spacial score (nSPS) is 14.4. The number of carbonyl (C=O) groups is 1. The highest BCUT2D eigenvalue weighted by Gasteiger charge is 2.27. The summed E-state index contributed by atoms with van der Waals surface area (Å²) >= 11 is 7.09. The van der Waals surface area contributed by atoms with Gasteiger partial charge in [0.25, 0.3) is 0 Å². The number of hydrogen-bond donors (Lipinski definition) is 2. The molecule has 3 rings (SSSR count). The van der Waals surface area contributed by atoms with Gasteiger partial charge in [-0.05, 0) is 31.0 Å². The largest absolute Gasteiger partial charge is 0.478 e. The van der Waals surface area contributed by atoms with E-state index in [0.717, 1.165) is 18.7 Å². The molecule has 7 heteroatoms. The van der Waals surface area contributed by atoms with Crippen LogP contribution in [0, 0.1) is 0 Å². The third kappa shape index (κ3) is 2.69. The molecular formula is C12H10ClN3O2S. The summed E-state index contributed by atoms with van der Waals surface area (Å²) in [6.45, 7) is 0. The first-order chi connectivity index (χ1) is 9.13. The van der Waals surface area contributed by atoms with Gasteiger partial charge in [0.1, 0.15) is 5.82 Å². The van der Waals surface area contributed by atoms with Crippen LogP contribution in [0.1, 0.15) is 34.9 Å². The van der Waals surface area contributed by atoms with E-state index in [1.165, 1.54) is 17.6 Å². The minimum absolute atomic E-state index is 0.0681. The van der Waals surface area contributed by atoms with Crippen molar-refractivity contribution in [3.63, 3.8) is 0 Å². The van der Waals surface area contributed by atoms with Gasteiger partial charge in [-0.3, -0.25) is 0 Å². The number of anilines is 2. The molecule has 98 valence electrons. The number of benzene rings is 1. The summed E-state index contributed by atoms with van der Waals surface area (Å²) in [6.07, 6.45) is 2.31. The SMILES string of the molecule is O=C(O)c1cc(Nc2nc(C3CC3)ns2)ccc1Cl. The zero-order chi connectivity index (χ0) is 13.4. The van der Waals surface area contributed by atoms with Crippen LogP contribution in [0.15, 0.2) is 18.2 Å². The smallest absolute Gasteiger partial charge is 0.337 e. The highest BCUT2D eigenvalue weighted by molar-refractivity contribution is 7.09. The Morgan fingerprint density at radius 2 is 2.26 bits per heavy atom. The number of halogens is 1. The van der Waals surface area contributed by atoms with E-state index in [1.54, 1.807) is 12.1 Å². The number of nitrogens with zero attached hydrogens (tertiary/aromatic N) is 2. The molecule has 2 N–H and O–H groups in total. The van der Waals surface area contributed by atoms with Crippen molar-refractivity contribution in [3.8, 4) is 0 Å². The average Bonchev–Trinajstić information content (AvgIpc) is 3.12. The molecule has 0 radical (unpaired) electrons. The standard InChI is InChI=1S/C12H10ClN3O2S/c13-9-4-3-7(5-8(9)11(17)18)14-12-15-10(16-19-12)6-1-2-6/h3-6H,1-2H2,(H,17,18)(H,14,15,16). The molecule has 1 aliphatic rings. The highest BCUT2D eigenvalue weighted by Crippen LogP contribution is 2.39. The quantitative estimate of drug-likeness (QED) is 0.903. The molecule has 1 fully saturated rings. The summed E-state index contributed by atoms with van der Waals surface area (Å²) < 4.78 is 4.28. The van der Waals surface area contributed by atoms with Crippen LogP contribution in [0.3, 0.4) is 0 Å². The molecule has 0 aliphatic heterocycles. The summed E-state index contributed by atoms with van der Waals surface area (Å²) in [5.41, 5.74) is 0.707. The zero-order valence-corrected chi connectivity index (χ0v) is 11.3. The van der Waals surface area contributed by atoms with Gasteiger partial charge in [0, 0.05) is 23.1 Å². The Morgan fingerprint density at radius 3 is 2.95 bits per heavy atom. The Labute approximate surface area is 118 Å². The van der Waals surface area contributed by atoms with Gasteiger partial charge < -0.3 is 10.4 Å². The molecule has 0 bridgehead atoms. The first-order valence-electron chi connectivity index (χ1n) is 5.77.